The highest BCUT2D eigenvalue weighted by Gasteiger charge is 2.33. The van der Waals surface area contributed by atoms with Crippen LogP contribution in [0, 0.1) is 0 Å². The van der Waals surface area contributed by atoms with Crippen molar-refractivity contribution in [2.24, 2.45) is 0 Å². The lowest BCUT2D eigenvalue weighted by atomic mass is 10.1. The summed E-state index contributed by atoms with van der Waals surface area (Å²) < 4.78 is 12.1. The lowest BCUT2D eigenvalue weighted by molar-refractivity contribution is 0.0428. The normalized spacial score (nSPS) is 29.1. The standard InChI is InChI=1S/C10H24O2Si2/c1-9(11-13(2)3)10-7-6-8-14(4,5)12-10/h9-10,13H,6-8H2,1-5H3. The summed E-state index contributed by atoms with van der Waals surface area (Å²) in [5.74, 6) is 0. The zero-order valence-corrected chi connectivity index (χ0v) is 12.3. The first-order chi connectivity index (χ1) is 6.41. The highest BCUT2D eigenvalue weighted by Crippen LogP contribution is 2.28. The van der Waals surface area contributed by atoms with Gasteiger partial charge in [-0.1, -0.05) is 6.42 Å². The van der Waals surface area contributed by atoms with Crippen molar-refractivity contribution < 1.29 is 8.85 Å². The molecule has 1 heterocycles. The summed E-state index contributed by atoms with van der Waals surface area (Å²) in [6.45, 7) is 11.3. The molecule has 0 amide bonds. The molecule has 0 saturated carbocycles. The van der Waals surface area contributed by atoms with Crippen LogP contribution in [-0.4, -0.2) is 29.6 Å². The zero-order valence-electron chi connectivity index (χ0n) is 10.2. The fourth-order valence-electron chi connectivity index (χ4n) is 2.10. The molecule has 4 heteroatoms. The molecule has 0 bridgehead atoms. The summed E-state index contributed by atoms with van der Waals surface area (Å²) in [6, 6.07) is 1.31. The molecule has 84 valence electrons. The summed E-state index contributed by atoms with van der Waals surface area (Å²) in [4.78, 5) is 0. The van der Waals surface area contributed by atoms with Gasteiger partial charge in [0.05, 0.1) is 12.2 Å². The molecule has 0 aromatic carbocycles. The smallest absolute Gasteiger partial charge is 0.187 e. The van der Waals surface area contributed by atoms with Gasteiger partial charge in [-0.15, -0.1) is 0 Å². The molecular formula is C10H24O2Si2. The third kappa shape index (κ3) is 3.84. The highest BCUT2D eigenvalue weighted by atomic mass is 28.4. The van der Waals surface area contributed by atoms with E-state index in [-0.39, 0.29) is 0 Å². The topological polar surface area (TPSA) is 18.5 Å². The Labute approximate surface area is 90.9 Å². The van der Waals surface area contributed by atoms with Crippen LogP contribution in [0.5, 0.6) is 0 Å². The van der Waals surface area contributed by atoms with Gasteiger partial charge >= 0.3 is 0 Å². The molecular weight excluding hydrogens is 208 g/mol. The SMILES string of the molecule is CC(O[SiH](C)C)C1CCC[Si](C)(C)O1. The van der Waals surface area contributed by atoms with Crippen LogP contribution in [-0.2, 0) is 8.85 Å². The predicted molar refractivity (Wildman–Crippen MR) is 65.8 cm³/mol. The van der Waals surface area contributed by atoms with Crippen molar-refractivity contribution in [2.45, 2.75) is 64.2 Å². The van der Waals surface area contributed by atoms with Gasteiger partial charge in [-0.2, -0.15) is 0 Å². The first-order valence-electron chi connectivity index (χ1n) is 5.74. The minimum absolute atomic E-state index is 0.314. The number of hydrogen-bond donors (Lipinski definition) is 0. The Balaban J connectivity index is 2.43. The van der Waals surface area contributed by atoms with E-state index < -0.39 is 17.4 Å². The van der Waals surface area contributed by atoms with Crippen molar-refractivity contribution in [1.82, 2.24) is 0 Å². The molecule has 2 nitrogen and oxygen atoms in total. The molecule has 1 saturated heterocycles. The van der Waals surface area contributed by atoms with Crippen molar-refractivity contribution >= 4 is 17.4 Å². The minimum Gasteiger partial charge on any atom is -0.415 e. The maximum Gasteiger partial charge on any atom is 0.187 e. The maximum atomic E-state index is 6.17. The van der Waals surface area contributed by atoms with Gasteiger partial charge < -0.3 is 8.85 Å². The lowest BCUT2D eigenvalue weighted by Crippen LogP contribution is -2.45. The van der Waals surface area contributed by atoms with Gasteiger partial charge in [0.15, 0.2) is 17.4 Å². The summed E-state index contributed by atoms with van der Waals surface area (Å²) in [7, 11) is -2.24. The minimum atomic E-state index is -1.33. The third-order valence-corrected chi connectivity index (χ3v) is 6.22. The Morgan fingerprint density at radius 2 is 2.07 bits per heavy atom. The molecule has 0 N–H and O–H groups in total. The van der Waals surface area contributed by atoms with E-state index in [0.717, 1.165) is 0 Å². The summed E-state index contributed by atoms with van der Waals surface area (Å²) >= 11 is 0. The van der Waals surface area contributed by atoms with E-state index in [1.54, 1.807) is 0 Å². The number of rotatable bonds is 3. The van der Waals surface area contributed by atoms with Gasteiger partial charge in [-0.25, -0.2) is 0 Å². The second-order valence-electron chi connectivity index (χ2n) is 5.20. The zero-order chi connectivity index (χ0) is 10.8. The molecule has 0 aromatic rings. The second-order valence-corrected chi connectivity index (χ2v) is 11.8. The van der Waals surface area contributed by atoms with Gasteiger partial charge in [0.25, 0.3) is 0 Å². The van der Waals surface area contributed by atoms with E-state index in [2.05, 4.69) is 33.1 Å². The summed E-state index contributed by atoms with van der Waals surface area (Å²) in [5, 5.41) is 0. The molecule has 1 fully saturated rings. The summed E-state index contributed by atoms with van der Waals surface area (Å²) in [5.41, 5.74) is 0. The van der Waals surface area contributed by atoms with Crippen molar-refractivity contribution in [3.05, 3.63) is 0 Å². The van der Waals surface area contributed by atoms with E-state index in [1.807, 2.05) is 0 Å². The Morgan fingerprint density at radius 1 is 1.43 bits per heavy atom. The van der Waals surface area contributed by atoms with Gasteiger partial charge in [-0.3, -0.25) is 0 Å². The van der Waals surface area contributed by atoms with Crippen LogP contribution in [0.1, 0.15) is 19.8 Å². The van der Waals surface area contributed by atoms with Crippen LogP contribution >= 0.6 is 0 Å². The predicted octanol–water partition coefficient (Wildman–Crippen LogP) is 2.76. The van der Waals surface area contributed by atoms with E-state index in [1.165, 1.54) is 18.9 Å². The van der Waals surface area contributed by atoms with Crippen molar-refractivity contribution in [3.8, 4) is 0 Å². The van der Waals surface area contributed by atoms with Crippen LogP contribution in [0.4, 0.5) is 0 Å². The maximum absolute atomic E-state index is 6.17. The van der Waals surface area contributed by atoms with Crippen LogP contribution in [0.25, 0.3) is 0 Å². The molecule has 1 rings (SSSR count). The second kappa shape index (κ2) is 4.92. The molecule has 2 unspecified atom stereocenters. The van der Waals surface area contributed by atoms with Crippen molar-refractivity contribution in [2.75, 3.05) is 0 Å². The molecule has 2 atom stereocenters. The molecule has 1 aliphatic heterocycles. The van der Waals surface area contributed by atoms with Crippen molar-refractivity contribution in [3.63, 3.8) is 0 Å². The van der Waals surface area contributed by atoms with Gasteiger partial charge in [0.1, 0.15) is 0 Å². The molecule has 0 radical (unpaired) electrons. The quantitative estimate of drug-likeness (QED) is 0.697. The fraction of sp³-hybridized carbons (Fsp3) is 1.00. The first-order valence-corrected chi connectivity index (χ1v) is 11.6. The van der Waals surface area contributed by atoms with Crippen LogP contribution in [0.3, 0.4) is 0 Å². The number of hydrogen-bond acceptors (Lipinski definition) is 2. The van der Waals surface area contributed by atoms with Gasteiger partial charge in [0.2, 0.25) is 0 Å². The monoisotopic (exact) mass is 232 g/mol. The van der Waals surface area contributed by atoms with Crippen LogP contribution in [0.2, 0.25) is 32.2 Å². The summed E-state index contributed by atoms with van der Waals surface area (Å²) in [6.07, 6.45) is 3.21. The van der Waals surface area contributed by atoms with E-state index in [9.17, 15) is 0 Å². The lowest BCUT2D eigenvalue weighted by Gasteiger charge is -2.38. The first kappa shape index (κ1) is 12.4. The molecule has 1 aliphatic rings. The molecule has 0 spiro atoms. The Bertz CT molecular complexity index is 183. The molecule has 0 aromatic heterocycles. The highest BCUT2D eigenvalue weighted by molar-refractivity contribution is 6.71. The van der Waals surface area contributed by atoms with E-state index >= 15 is 0 Å². The Hall–Kier alpha value is 0.354. The van der Waals surface area contributed by atoms with E-state index in [4.69, 9.17) is 8.85 Å². The van der Waals surface area contributed by atoms with Crippen LogP contribution in [0.15, 0.2) is 0 Å². The molecule has 0 aliphatic carbocycles. The van der Waals surface area contributed by atoms with Crippen molar-refractivity contribution in [1.29, 1.82) is 0 Å². The van der Waals surface area contributed by atoms with Gasteiger partial charge in [-0.05, 0) is 45.6 Å². The fourth-order valence-corrected chi connectivity index (χ4v) is 5.44. The average molecular weight is 232 g/mol. The average Bonchev–Trinajstić information content (AvgIpc) is 2.01. The Kier molecular flexibility index (Phi) is 4.37. The largest absolute Gasteiger partial charge is 0.415 e. The van der Waals surface area contributed by atoms with Gasteiger partial charge in [0, 0.05) is 0 Å². The van der Waals surface area contributed by atoms with Crippen LogP contribution < -0.4 is 0 Å². The Morgan fingerprint density at radius 3 is 2.57 bits per heavy atom. The molecule has 14 heavy (non-hydrogen) atoms. The van der Waals surface area contributed by atoms with E-state index in [0.29, 0.717) is 12.2 Å². The third-order valence-electron chi connectivity index (χ3n) is 2.75.